The molecule has 4 aromatic rings. The van der Waals surface area contributed by atoms with Crippen molar-refractivity contribution in [3.63, 3.8) is 0 Å². The van der Waals surface area contributed by atoms with Crippen LogP contribution in [0.25, 0.3) is 0 Å². The molecule has 8 N–H and O–H groups in total. The third-order valence-corrected chi connectivity index (χ3v) is 10.5. The number of imidazole rings is 2. The maximum Gasteiger partial charge on any atom is 0.471 e. The van der Waals surface area contributed by atoms with Crippen molar-refractivity contribution in [3.05, 3.63) is 61.2 Å². The van der Waals surface area contributed by atoms with E-state index in [1.807, 2.05) is 27.6 Å². The minimum Gasteiger partial charge on any atom is -1.00 e. The summed E-state index contributed by atoms with van der Waals surface area (Å²) >= 11 is 0. The van der Waals surface area contributed by atoms with E-state index in [0.29, 0.717) is 57.2 Å². The molecule has 4 heterocycles. The molecule has 0 saturated heterocycles. The number of quaternary nitrogens is 1. The van der Waals surface area contributed by atoms with Crippen LogP contribution in [0.5, 0.6) is 0 Å². The number of nitrogens with two attached hydrogens (primary N) is 1. The first-order valence-electron chi connectivity index (χ1n) is 21.5. The average Bonchev–Trinajstić information content (AvgIpc) is 3.85. The van der Waals surface area contributed by atoms with Crippen LogP contribution in [-0.4, -0.2) is 99.5 Å². The van der Waals surface area contributed by atoms with Crippen molar-refractivity contribution in [3.8, 4) is 0 Å². The lowest BCUT2D eigenvalue weighted by atomic mass is 10.1. The van der Waals surface area contributed by atoms with Gasteiger partial charge in [0.1, 0.15) is 11.4 Å². The number of aromatic nitrogens is 4. The van der Waals surface area contributed by atoms with Gasteiger partial charge < -0.3 is 101 Å². The molecule has 0 saturated carbocycles. The Morgan fingerprint density at radius 3 is 1.82 bits per heavy atom. The van der Waals surface area contributed by atoms with Gasteiger partial charge >= 0.3 is 24.0 Å². The predicted molar refractivity (Wildman–Crippen MR) is 237 cm³/mol. The van der Waals surface area contributed by atoms with Crippen LogP contribution in [0.3, 0.4) is 0 Å². The summed E-state index contributed by atoms with van der Waals surface area (Å²) in [6.07, 6.45) is 5.99. The summed E-state index contributed by atoms with van der Waals surface area (Å²) in [7, 11) is 3.85. The van der Waals surface area contributed by atoms with Gasteiger partial charge in [-0.25, -0.2) is 18.3 Å². The molecule has 0 fully saturated rings. The molecule has 2 aliphatic rings. The average molecular weight is 1130 g/mol. The Bertz CT molecular complexity index is 2220. The molecule has 0 radical (unpaired) electrons. The third-order valence-electron chi connectivity index (χ3n) is 10.5. The zero-order valence-corrected chi connectivity index (χ0v) is 43.3. The molecule has 0 bridgehead atoms. The molecule has 0 aliphatic carbocycles. The highest BCUT2D eigenvalue weighted by Crippen LogP contribution is 2.38. The van der Waals surface area contributed by atoms with Crippen LogP contribution < -0.4 is 110 Å². The number of nitrogens with one attached hydrogen (secondary N) is 3. The van der Waals surface area contributed by atoms with Crippen LogP contribution in [0.2, 0.25) is 0 Å². The normalized spacial score (nSPS) is 12.9. The molecule has 3 amide bonds. The summed E-state index contributed by atoms with van der Waals surface area (Å²) in [5.41, 5.74) is 13.6. The molecular formula is C42H62Br2Cl2F3N16O3-. The lowest BCUT2D eigenvalue weighted by Gasteiger charge is -2.35. The third kappa shape index (κ3) is 17.6. The lowest BCUT2D eigenvalue weighted by molar-refractivity contribution is -0.686. The zero-order chi connectivity index (χ0) is 46.2. The standard InChI is InChI=1S/C24H31F3N8O3.C18H29N8.2BrH.2ClH/c1-17(36)28-8-4-10-33-13-14-34(11-5-9-29-18(2)37)23(33)31-30-19-6-7-20-21(16-19)35(15-12-32(20)3)22(38)24(25,26)27;1-24-11-8-21-16-14-15(4-5-17(16)24)22-23-18-25(9-2-6-19)12-13-26(18)10-3-7-20;;;;/h6-7,13-14,16H,4-5,8-12,15H2,1-3H3,(H-,28,29,36,37);4-5,12-14,21H,2-3,6-11,19-20H2,1H3;4*1H/q;+1;;;;/p-2. The van der Waals surface area contributed by atoms with E-state index in [0.717, 1.165) is 67.8 Å². The van der Waals surface area contributed by atoms with Crippen LogP contribution in [0.1, 0.15) is 39.5 Å². The number of nitrogens with zero attached hydrogens (tertiary/aromatic N) is 11. The highest BCUT2D eigenvalue weighted by atomic mass is 79.9. The Balaban J connectivity index is 0.000000680. The summed E-state index contributed by atoms with van der Waals surface area (Å²) in [5, 5.41) is 26.6. The van der Waals surface area contributed by atoms with Crippen LogP contribution in [0, 0.1) is 0 Å². The predicted octanol–water partition coefficient (Wildman–Crippen LogP) is -8.36. The first kappa shape index (κ1) is 61.1. The van der Waals surface area contributed by atoms with E-state index < -0.39 is 12.1 Å². The van der Waals surface area contributed by atoms with E-state index in [4.69, 9.17) is 5.73 Å². The number of likely N-dealkylation sites (N-methyl/N-ethyl adjacent to an activating group) is 2. The monoisotopic (exact) mass is 1120 g/mol. The van der Waals surface area contributed by atoms with Gasteiger partial charge in [-0.3, -0.25) is 14.4 Å². The summed E-state index contributed by atoms with van der Waals surface area (Å²) in [6, 6.07) is 10.8. The Kier molecular flexibility index (Phi) is 26.9. The number of benzene rings is 2. The lowest BCUT2D eigenvalue weighted by Crippen LogP contribution is -3.00. The van der Waals surface area contributed by atoms with Crippen LogP contribution in [-0.2, 0) is 40.6 Å². The number of azo groups is 2. The van der Waals surface area contributed by atoms with Crippen LogP contribution >= 0.6 is 0 Å². The highest BCUT2D eigenvalue weighted by Gasteiger charge is 2.44. The molecule has 6 rings (SSSR count). The van der Waals surface area contributed by atoms with E-state index in [1.165, 1.54) is 25.6 Å². The fourth-order valence-electron chi connectivity index (χ4n) is 7.13. The van der Waals surface area contributed by atoms with Crippen molar-refractivity contribution < 1.29 is 101 Å². The molecule has 0 atom stereocenters. The smallest absolute Gasteiger partial charge is 0.471 e. The Morgan fingerprint density at radius 1 is 0.735 bits per heavy atom. The number of amides is 3. The second-order valence-corrected chi connectivity index (χ2v) is 15.5. The van der Waals surface area contributed by atoms with Crippen molar-refractivity contribution in [2.24, 2.45) is 26.2 Å². The maximum atomic E-state index is 13.2. The number of carbonyl (C=O) groups is 3. The van der Waals surface area contributed by atoms with E-state index in [1.54, 1.807) is 24.1 Å². The SMILES string of the molecule is CC(=O)NCCCn1cc[n+](CCCNC(C)=O)c1N=Nc1ccc2c(c1)N(C(=O)C(F)(F)F)CCN2C.CN1CCNc2cc(N=Nc3n(CCCN)cc[n+]3CCC[NH3+])ccc21.[Br-].[Br-].[Cl-].[Cl-]. The summed E-state index contributed by atoms with van der Waals surface area (Å²) in [6.45, 7) is 10.3. The zero-order valence-electron chi connectivity index (χ0n) is 38.7. The number of fused-ring (bicyclic) bond motifs is 2. The van der Waals surface area contributed by atoms with Gasteiger partial charge in [-0.1, -0.05) is 10.2 Å². The van der Waals surface area contributed by atoms with E-state index in [2.05, 4.69) is 87.7 Å². The number of aryl methyl sites for hydroxylation is 4. The summed E-state index contributed by atoms with van der Waals surface area (Å²) in [5.74, 6) is -0.822. The molecule has 68 heavy (non-hydrogen) atoms. The van der Waals surface area contributed by atoms with Gasteiger partial charge in [0.25, 0.3) is 0 Å². The van der Waals surface area contributed by atoms with Gasteiger partial charge in [0.05, 0.1) is 80.3 Å². The van der Waals surface area contributed by atoms with Crippen LogP contribution in [0.15, 0.2) is 81.6 Å². The van der Waals surface area contributed by atoms with Crippen LogP contribution in [0.4, 0.5) is 59.2 Å². The number of carbonyl (C=O) groups excluding carboxylic acids is 3. The molecule has 0 spiro atoms. The maximum absolute atomic E-state index is 13.2. The van der Waals surface area contributed by atoms with Crippen molar-refractivity contribution in [1.82, 2.24) is 19.8 Å². The van der Waals surface area contributed by atoms with Gasteiger partial charge in [0.15, 0.2) is 0 Å². The summed E-state index contributed by atoms with van der Waals surface area (Å²) < 4.78 is 47.5. The number of rotatable bonds is 18. The van der Waals surface area contributed by atoms with Gasteiger partial charge in [0.2, 0.25) is 11.8 Å². The van der Waals surface area contributed by atoms with Gasteiger partial charge in [-0.05, 0) is 62.2 Å². The Hall–Kier alpha value is -4.88. The Labute approximate surface area is 428 Å². The molecule has 26 heteroatoms. The van der Waals surface area contributed by atoms with Crippen molar-refractivity contribution >= 4 is 63.7 Å². The number of halogens is 7. The largest absolute Gasteiger partial charge is 1.00 e. The molecule has 19 nitrogen and oxygen atoms in total. The molecule has 0 unspecified atom stereocenters. The Morgan fingerprint density at radius 2 is 1.26 bits per heavy atom. The van der Waals surface area contributed by atoms with Crippen molar-refractivity contribution in [2.45, 2.75) is 71.9 Å². The number of anilines is 4. The van der Waals surface area contributed by atoms with E-state index in [-0.39, 0.29) is 95.1 Å². The van der Waals surface area contributed by atoms with Crippen molar-refractivity contribution in [2.75, 3.05) is 86.5 Å². The number of hydrogen-bond donors (Lipinski definition) is 5. The van der Waals surface area contributed by atoms with E-state index >= 15 is 0 Å². The fourth-order valence-corrected chi connectivity index (χ4v) is 7.13. The second kappa shape index (κ2) is 29.9. The second-order valence-electron chi connectivity index (χ2n) is 15.5. The van der Waals surface area contributed by atoms with Gasteiger partial charge in [-0.15, -0.1) is 0 Å². The fraction of sp³-hybridized carbons (Fsp3) is 0.500. The topological polar surface area (TPSA) is 218 Å². The number of hydrogen-bond acceptors (Lipinski definition) is 11. The minimum absolute atomic E-state index is 0. The molecule has 2 aromatic heterocycles. The number of alkyl halides is 3. The highest BCUT2D eigenvalue weighted by molar-refractivity contribution is 6.01. The first-order chi connectivity index (χ1) is 30.7. The molecule has 2 aliphatic heterocycles. The molecule has 378 valence electrons. The molecular weight excluding hydrogens is 1060 g/mol. The van der Waals surface area contributed by atoms with Gasteiger partial charge in [-0.2, -0.15) is 13.2 Å². The molecule has 2 aromatic carbocycles. The minimum atomic E-state index is -4.99. The quantitative estimate of drug-likeness (QED) is 0.0368. The first-order valence-corrected chi connectivity index (χ1v) is 21.5. The van der Waals surface area contributed by atoms with E-state index in [9.17, 15) is 27.6 Å². The van der Waals surface area contributed by atoms with Gasteiger partial charge in [0, 0.05) is 83.9 Å². The summed E-state index contributed by atoms with van der Waals surface area (Å²) in [4.78, 5) is 39.1. The van der Waals surface area contributed by atoms with Crippen molar-refractivity contribution in [1.29, 1.82) is 0 Å².